The van der Waals surface area contributed by atoms with Gasteiger partial charge in [-0.2, -0.15) is 0 Å². The molecular formula is C39H21F10N5. The van der Waals surface area contributed by atoms with Crippen LogP contribution in [0.4, 0.5) is 49.6 Å². The second-order valence-electron chi connectivity index (χ2n) is 12.5. The van der Waals surface area contributed by atoms with Crippen LogP contribution in [0.1, 0.15) is 11.4 Å². The standard InChI is InChI=1S/C39H21F10N5/c1-54(2)16-5-3-15(4-6-16)25-19-11-13-23(52-19)26(28-30(40)34(44)38(48)35(45)31(28)41)21-9-7-17(50-21)18-8-10-22(51-18)27(24-14-12-20(25)53-24)29-32(42)36(46)39(49)37(47)33(29)43/h3-14,50,52-53H,1-2H3. The Bertz CT molecular complexity index is 2810. The van der Waals surface area contributed by atoms with E-state index in [1.54, 1.807) is 24.3 Å². The van der Waals surface area contributed by atoms with E-state index in [2.05, 4.69) is 19.9 Å². The van der Waals surface area contributed by atoms with Crippen LogP contribution in [0.15, 0.2) is 60.7 Å². The largest absolute Gasteiger partial charge is 0.378 e. The monoisotopic (exact) mass is 749 g/mol. The Morgan fingerprint density at radius 1 is 0.370 bits per heavy atom. The number of anilines is 1. The van der Waals surface area contributed by atoms with E-state index in [0.717, 1.165) is 5.69 Å². The molecule has 5 nitrogen and oxygen atoms in total. The van der Waals surface area contributed by atoms with Crippen molar-refractivity contribution < 1.29 is 43.9 Å². The first-order valence-corrected chi connectivity index (χ1v) is 15.9. The van der Waals surface area contributed by atoms with Gasteiger partial charge in [0, 0.05) is 64.1 Å². The van der Waals surface area contributed by atoms with Gasteiger partial charge in [-0.1, -0.05) is 12.1 Å². The lowest BCUT2D eigenvalue weighted by molar-refractivity contribution is 0.381. The molecular weight excluding hydrogens is 728 g/mol. The van der Waals surface area contributed by atoms with Crippen molar-refractivity contribution in [3.05, 3.63) is 130 Å². The van der Waals surface area contributed by atoms with Crippen molar-refractivity contribution in [3.63, 3.8) is 0 Å². The third-order valence-electron chi connectivity index (χ3n) is 9.17. The van der Waals surface area contributed by atoms with Gasteiger partial charge in [0.1, 0.15) is 0 Å². The third-order valence-corrected chi connectivity index (χ3v) is 9.17. The number of aromatic nitrogens is 4. The zero-order valence-corrected chi connectivity index (χ0v) is 27.6. The van der Waals surface area contributed by atoms with Gasteiger partial charge in [0.25, 0.3) is 0 Å². The highest BCUT2D eigenvalue weighted by Gasteiger charge is 2.31. The Hall–Kier alpha value is -6.51. The second-order valence-corrected chi connectivity index (χ2v) is 12.5. The molecule has 15 heteroatoms. The van der Waals surface area contributed by atoms with Crippen LogP contribution in [0.25, 0.3) is 78.6 Å². The van der Waals surface area contributed by atoms with Gasteiger partial charge < -0.3 is 19.9 Å². The molecule has 0 radical (unpaired) electrons. The second kappa shape index (κ2) is 12.6. The van der Waals surface area contributed by atoms with Crippen LogP contribution >= 0.6 is 0 Å². The quantitative estimate of drug-likeness (QED) is 0.0953. The number of hydrogen-bond acceptors (Lipinski definition) is 2. The first-order chi connectivity index (χ1) is 25.8. The Balaban J connectivity index is 1.59. The molecule has 0 saturated carbocycles. The summed E-state index contributed by atoms with van der Waals surface area (Å²) in [6.07, 6.45) is 2.59. The molecule has 3 N–H and O–H groups in total. The van der Waals surface area contributed by atoms with E-state index in [9.17, 15) is 26.3 Å². The molecule has 0 fully saturated rings. The summed E-state index contributed by atoms with van der Waals surface area (Å²) in [5.41, 5.74) is -1.84. The average molecular weight is 750 g/mol. The van der Waals surface area contributed by atoms with Crippen LogP contribution in [-0.2, 0) is 0 Å². The van der Waals surface area contributed by atoms with Crippen LogP contribution in [0, 0.1) is 58.2 Å². The number of nitrogens with zero attached hydrogens (tertiary/aromatic N) is 2. The molecule has 272 valence electrons. The number of benzene rings is 3. The van der Waals surface area contributed by atoms with Gasteiger partial charge in [0.15, 0.2) is 46.5 Å². The number of nitrogens with one attached hydrogen (secondary N) is 3. The summed E-state index contributed by atoms with van der Waals surface area (Å²) in [6, 6.07) is 15.3. The number of halogens is 10. The molecule has 1 aliphatic rings. The molecule has 3 aromatic carbocycles. The van der Waals surface area contributed by atoms with E-state index in [1.165, 1.54) is 48.6 Å². The number of fused-ring (bicyclic) bond motifs is 9. The van der Waals surface area contributed by atoms with Gasteiger partial charge in [-0.05, 0) is 66.2 Å². The van der Waals surface area contributed by atoms with E-state index in [4.69, 9.17) is 0 Å². The maximum atomic E-state index is 15.5. The first kappa shape index (κ1) is 34.6. The van der Waals surface area contributed by atoms with Crippen molar-refractivity contribution in [2.24, 2.45) is 0 Å². The minimum Gasteiger partial charge on any atom is -0.378 e. The summed E-state index contributed by atoms with van der Waals surface area (Å²) in [5.74, 6) is -21.8. The molecule has 8 rings (SSSR count). The fourth-order valence-corrected chi connectivity index (χ4v) is 6.56. The number of H-pyrrole nitrogens is 3. The zero-order chi connectivity index (χ0) is 38.3. The Kier molecular flexibility index (Phi) is 8.05. The van der Waals surface area contributed by atoms with Gasteiger partial charge in [0.05, 0.1) is 28.0 Å². The van der Waals surface area contributed by atoms with Crippen molar-refractivity contribution in [2.75, 3.05) is 19.0 Å². The van der Waals surface area contributed by atoms with Crippen molar-refractivity contribution in [1.29, 1.82) is 0 Å². The normalized spacial score (nSPS) is 12.0. The molecule has 0 spiro atoms. The van der Waals surface area contributed by atoms with Gasteiger partial charge in [-0.25, -0.2) is 48.9 Å². The predicted octanol–water partition coefficient (Wildman–Crippen LogP) is 11.2. The number of rotatable bonds is 4. The van der Waals surface area contributed by atoms with Crippen LogP contribution in [0.2, 0.25) is 0 Å². The number of aromatic amines is 3. The summed E-state index contributed by atoms with van der Waals surface area (Å²) in [6.45, 7) is 0. The average Bonchev–Trinajstić information content (AvgIpc) is 4.00. The van der Waals surface area contributed by atoms with E-state index in [0.29, 0.717) is 11.1 Å². The summed E-state index contributed by atoms with van der Waals surface area (Å²) < 4.78 is 149. The molecule has 0 saturated heterocycles. The zero-order valence-electron chi connectivity index (χ0n) is 27.6. The molecule has 0 atom stereocenters. The Labute approximate surface area is 297 Å². The summed E-state index contributed by atoms with van der Waals surface area (Å²) in [7, 11) is 3.62. The molecule has 8 bridgehead atoms. The van der Waals surface area contributed by atoms with Crippen LogP contribution in [0.3, 0.4) is 0 Å². The van der Waals surface area contributed by atoms with Crippen molar-refractivity contribution in [3.8, 4) is 33.4 Å². The molecule has 1 aliphatic heterocycles. The topological polar surface area (TPSA) is 63.5 Å². The summed E-state index contributed by atoms with van der Waals surface area (Å²) in [5, 5.41) is 0. The molecule has 7 aromatic rings. The summed E-state index contributed by atoms with van der Waals surface area (Å²) >= 11 is 0. The molecule has 0 aliphatic carbocycles. The molecule has 54 heavy (non-hydrogen) atoms. The van der Waals surface area contributed by atoms with E-state index < -0.39 is 80.4 Å². The Morgan fingerprint density at radius 3 is 1.19 bits per heavy atom. The minimum atomic E-state index is -2.35. The lowest BCUT2D eigenvalue weighted by Gasteiger charge is -2.13. The van der Waals surface area contributed by atoms with Crippen molar-refractivity contribution in [1.82, 2.24) is 19.9 Å². The van der Waals surface area contributed by atoms with Crippen molar-refractivity contribution >= 4 is 50.9 Å². The van der Waals surface area contributed by atoms with Crippen LogP contribution in [-0.4, -0.2) is 34.0 Å². The van der Waals surface area contributed by atoms with E-state index >= 15 is 17.6 Å². The highest BCUT2D eigenvalue weighted by Crippen LogP contribution is 2.40. The highest BCUT2D eigenvalue weighted by molar-refractivity contribution is 6.00. The van der Waals surface area contributed by atoms with E-state index in [1.807, 2.05) is 19.0 Å². The molecule has 0 amide bonds. The van der Waals surface area contributed by atoms with Crippen molar-refractivity contribution in [2.45, 2.75) is 0 Å². The van der Waals surface area contributed by atoms with Gasteiger partial charge in [-0.15, -0.1) is 0 Å². The Morgan fingerprint density at radius 2 is 0.722 bits per heavy atom. The maximum Gasteiger partial charge on any atom is 0.200 e. The van der Waals surface area contributed by atoms with Gasteiger partial charge in [0.2, 0.25) is 11.6 Å². The van der Waals surface area contributed by atoms with Crippen LogP contribution < -0.4 is 4.90 Å². The molecule has 4 aromatic heterocycles. The minimum absolute atomic E-state index is 0.0245. The first-order valence-electron chi connectivity index (χ1n) is 15.9. The number of hydrogen-bond donors (Lipinski definition) is 3. The predicted molar refractivity (Wildman–Crippen MR) is 185 cm³/mol. The lowest BCUT2D eigenvalue weighted by atomic mass is 10.0. The summed E-state index contributed by atoms with van der Waals surface area (Å²) in [4.78, 5) is 15.1. The third kappa shape index (κ3) is 5.21. The molecule has 5 heterocycles. The fraction of sp³-hybridized carbons (Fsp3) is 0.0513. The highest BCUT2D eigenvalue weighted by atomic mass is 19.2. The maximum absolute atomic E-state index is 15.5. The lowest BCUT2D eigenvalue weighted by Crippen LogP contribution is -2.07. The molecule has 0 unspecified atom stereocenters. The SMILES string of the molecule is CN(C)c1ccc(-c2c3ccc([nH]3)c(-c3c(F)c(F)c(F)c(F)c3F)c3nc(c4ccc([nH]4)c(-c4c(F)c(F)c(F)c(F)c4F)c4ccc2[nH]4)C=C3)cc1. The van der Waals surface area contributed by atoms with Gasteiger partial charge >= 0.3 is 0 Å². The van der Waals surface area contributed by atoms with E-state index in [-0.39, 0.29) is 44.5 Å². The fourth-order valence-electron chi connectivity index (χ4n) is 6.56. The van der Waals surface area contributed by atoms with Crippen LogP contribution in [0.5, 0.6) is 0 Å². The van der Waals surface area contributed by atoms with Gasteiger partial charge in [-0.3, -0.25) is 0 Å². The smallest absolute Gasteiger partial charge is 0.200 e.